The number of hydrogen-bond acceptors (Lipinski definition) is 3. The minimum Gasteiger partial charge on any atom is -0.325 e. The molecule has 0 saturated heterocycles. The van der Waals surface area contributed by atoms with Crippen molar-refractivity contribution in [2.45, 2.75) is 19.9 Å². The fourth-order valence-electron chi connectivity index (χ4n) is 1.86. The summed E-state index contributed by atoms with van der Waals surface area (Å²) >= 11 is 0. The first-order valence-electron chi connectivity index (χ1n) is 6.65. The predicted molar refractivity (Wildman–Crippen MR) is 80.5 cm³/mol. The fourth-order valence-corrected chi connectivity index (χ4v) is 1.86. The number of nitrogens with zero attached hydrogens (tertiary/aromatic N) is 1. The molecule has 0 spiro atoms. The average molecular weight is 269 g/mol. The van der Waals surface area contributed by atoms with Gasteiger partial charge in [0.2, 0.25) is 5.91 Å². The van der Waals surface area contributed by atoms with Crippen molar-refractivity contribution in [3.8, 4) is 0 Å². The van der Waals surface area contributed by atoms with E-state index in [1.807, 2.05) is 50.2 Å². The number of nitrogens with one attached hydrogen (secondary N) is 2. The van der Waals surface area contributed by atoms with Gasteiger partial charge in [-0.25, -0.2) is 0 Å². The molecule has 0 radical (unpaired) electrons. The predicted octanol–water partition coefficient (Wildman–Crippen LogP) is 2.68. The van der Waals surface area contributed by atoms with E-state index in [-0.39, 0.29) is 18.5 Å². The Hall–Kier alpha value is -2.20. The lowest BCUT2D eigenvalue weighted by molar-refractivity contribution is -0.115. The molecule has 0 unspecified atom stereocenters. The largest absolute Gasteiger partial charge is 0.325 e. The van der Waals surface area contributed by atoms with Crippen molar-refractivity contribution in [2.24, 2.45) is 0 Å². The third-order valence-electron chi connectivity index (χ3n) is 3.11. The molecule has 0 bridgehead atoms. The zero-order valence-corrected chi connectivity index (χ0v) is 11.8. The standard InChI is InChI=1S/C16H19N3O/c1-12-3-5-15(6-4-12)19-16(20)11-18-13(2)14-7-9-17-10-8-14/h3-10,13,18H,11H2,1-2H3,(H,19,20)/t13-/m1/s1. The van der Waals surface area contributed by atoms with Gasteiger partial charge in [-0.3, -0.25) is 9.78 Å². The molecule has 2 aromatic rings. The van der Waals surface area contributed by atoms with Gasteiger partial charge in [-0.15, -0.1) is 0 Å². The van der Waals surface area contributed by atoms with Crippen LogP contribution in [0.5, 0.6) is 0 Å². The molecule has 4 nitrogen and oxygen atoms in total. The van der Waals surface area contributed by atoms with E-state index >= 15 is 0 Å². The molecule has 1 aromatic heterocycles. The first-order chi connectivity index (χ1) is 9.65. The molecule has 1 aromatic carbocycles. The maximum absolute atomic E-state index is 11.8. The van der Waals surface area contributed by atoms with Crippen LogP contribution in [0.2, 0.25) is 0 Å². The maximum Gasteiger partial charge on any atom is 0.238 e. The van der Waals surface area contributed by atoms with Gasteiger partial charge in [0.15, 0.2) is 0 Å². The van der Waals surface area contributed by atoms with Crippen molar-refractivity contribution in [1.29, 1.82) is 0 Å². The second-order valence-electron chi connectivity index (χ2n) is 4.80. The Morgan fingerprint density at radius 1 is 1.15 bits per heavy atom. The van der Waals surface area contributed by atoms with Crippen molar-refractivity contribution in [2.75, 3.05) is 11.9 Å². The van der Waals surface area contributed by atoms with E-state index in [0.717, 1.165) is 11.3 Å². The summed E-state index contributed by atoms with van der Waals surface area (Å²) < 4.78 is 0. The summed E-state index contributed by atoms with van der Waals surface area (Å²) in [7, 11) is 0. The van der Waals surface area contributed by atoms with Gasteiger partial charge in [0.1, 0.15) is 0 Å². The fraction of sp³-hybridized carbons (Fsp3) is 0.250. The molecule has 1 amide bonds. The number of hydrogen-bond donors (Lipinski definition) is 2. The highest BCUT2D eigenvalue weighted by molar-refractivity contribution is 5.92. The molecule has 0 fully saturated rings. The van der Waals surface area contributed by atoms with Crippen LogP contribution in [0, 0.1) is 6.92 Å². The zero-order valence-electron chi connectivity index (χ0n) is 11.8. The van der Waals surface area contributed by atoms with E-state index in [1.165, 1.54) is 5.56 Å². The summed E-state index contributed by atoms with van der Waals surface area (Å²) in [6.45, 7) is 4.31. The molecule has 2 rings (SSSR count). The van der Waals surface area contributed by atoms with Crippen LogP contribution in [-0.4, -0.2) is 17.4 Å². The number of carbonyl (C=O) groups excluding carboxylic acids is 1. The van der Waals surface area contributed by atoms with E-state index in [1.54, 1.807) is 12.4 Å². The lowest BCUT2D eigenvalue weighted by Gasteiger charge is -2.13. The summed E-state index contributed by atoms with van der Waals surface area (Å²) in [6.07, 6.45) is 3.50. The first kappa shape index (κ1) is 14.2. The second-order valence-corrected chi connectivity index (χ2v) is 4.80. The van der Waals surface area contributed by atoms with Crippen LogP contribution in [-0.2, 0) is 4.79 Å². The van der Waals surface area contributed by atoms with Crippen molar-refractivity contribution in [3.63, 3.8) is 0 Å². The minimum atomic E-state index is -0.0465. The number of carbonyl (C=O) groups is 1. The molecule has 1 heterocycles. The zero-order chi connectivity index (χ0) is 14.4. The summed E-state index contributed by atoms with van der Waals surface area (Å²) in [5.41, 5.74) is 3.11. The van der Waals surface area contributed by atoms with Crippen LogP contribution in [0.15, 0.2) is 48.8 Å². The highest BCUT2D eigenvalue weighted by Crippen LogP contribution is 2.10. The van der Waals surface area contributed by atoms with Gasteiger partial charge >= 0.3 is 0 Å². The molecular weight excluding hydrogens is 250 g/mol. The third-order valence-corrected chi connectivity index (χ3v) is 3.11. The van der Waals surface area contributed by atoms with Crippen LogP contribution >= 0.6 is 0 Å². The van der Waals surface area contributed by atoms with E-state index in [9.17, 15) is 4.79 Å². The van der Waals surface area contributed by atoms with E-state index < -0.39 is 0 Å². The highest BCUT2D eigenvalue weighted by atomic mass is 16.1. The van der Waals surface area contributed by atoms with Crippen LogP contribution in [0.4, 0.5) is 5.69 Å². The van der Waals surface area contributed by atoms with Crippen molar-refractivity contribution in [1.82, 2.24) is 10.3 Å². The molecule has 0 aliphatic carbocycles. The van der Waals surface area contributed by atoms with Crippen LogP contribution in [0.1, 0.15) is 24.1 Å². The van der Waals surface area contributed by atoms with Gasteiger partial charge in [0.05, 0.1) is 6.54 Å². The Kier molecular flexibility index (Phi) is 4.85. The Morgan fingerprint density at radius 2 is 1.80 bits per heavy atom. The molecule has 20 heavy (non-hydrogen) atoms. The summed E-state index contributed by atoms with van der Waals surface area (Å²) in [4.78, 5) is 15.8. The number of amides is 1. The van der Waals surface area contributed by atoms with Crippen molar-refractivity contribution >= 4 is 11.6 Å². The Bertz CT molecular complexity index is 552. The van der Waals surface area contributed by atoms with Crippen LogP contribution in [0.25, 0.3) is 0 Å². The van der Waals surface area contributed by atoms with Gasteiger partial charge in [-0.1, -0.05) is 17.7 Å². The number of aromatic nitrogens is 1. The van der Waals surface area contributed by atoms with Crippen molar-refractivity contribution in [3.05, 3.63) is 59.9 Å². The van der Waals surface area contributed by atoms with Gasteiger partial charge in [0.25, 0.3) is 0 Å². The average Bonchev–Trinajstić information content (AvgIpc) is 2.48. The monoisotopic (exact) mass is 269 g/mol. The quantitative estimate of drug-likeness (QED) is 0.877. The van der Waals surface area contributed by atoms with E-state index in [2.05, 4.69) is 15.6 Å². The lowest BCUT2D eigenvalue weighted by Crippen LogP contribution is -2.30. The van der Waals surface area contributed by atoms with Crippen LogP contribution < -0.4 is 10.6 Å². The molecule has 0 aliphatic heterocycles. The Labute approximate surface area is 119 Å². The smallest absolute Gasteiger partial charge is 0.238 e. The van der Waals surface area contributed by atoms with Crippen LogP contribution in [0.3, 0.4) is 0 Å². The first-order valence-corrected chi connectivity index (χ1v) is 6.65. The topological polar surface area (TPSA) is 54.0 Å². The highest BCUT2D eigenvalue weighted by Gasteiger charge is 2.07. The lowest BCUT2D eigenvalue weighted by atomic mass is 10.1. The van der Waals surface area contributed by atoms with E-state index in [0.29, 0.717) is 0 Å². The SMILES string of the molecule is Cc1ccc(NC(=O)CN[C@H](C)c2ccncc2)cc1. The minimum absolute atomic E-state index is 0.0465. The molecular formula is C16H19N3O. The molecule has 2 N–H and O–H groups in total. The summed E-state index contributed by atoms with van der Waals surface area (Å²) in [5, 5.41) is 6.05. The van der Waals surface area contributed by atoms with Gasteiger partial charge < -0.3 is 10.6 Å². The summed E-state index contributed by atoms with van der Waals surface area (Å²) in [5.74, 6) is -0.0465. The van der Waals surface area contributed by atoms with Gasteiger partial charge in [-0.2, -0.15) is 0 Å². The maximum atomic E-state index is 11.8. The number of benzene rings is 1. The Balaban J connectivity index is 1.82. The second kappa shape index (κ2) is 6.82. The number of pyridine rings is 1. The molecule has 0 aliphatic rings. The molecule has 0 saturated carbocycles. The number of rotatable bonds is 5. The normalized spacial score (nSPS) is 11.9. The summed E-state index contributed by atoms with van der Waals surface area (Å²) in [6, 6.07) is 11.7. The molecule has 4 heteroatoms. The number of aryl methyl sites for hydroxylation is 1. The van der Waals surface area contributed by atoms with E-state index in [4.69, 9.17) is 0 Å². The molecule has 1 atom stereocenters. The number of anilines is 1. The Morgan fingerprint density at radius 3 is 2.45 bits per heavy atom. The molecule has 104 valence electrons. The van der Waals surface area contributed by atoms with Gasteiger partial charge in [-0.05, 0) is 43.7 Å². The van der Waals surface area contributed by atoms with Gasteiger partial charge in [0, 0.05) is 24.1 Å². The van der Waals surface area contributed by atoms with Crippen molar-refractivity contribution < 1.29 is 4.79 Å². The third kappa shape index (κ3) is 4.17.